The second kappa shape index (κ2) is 9.73. The fourth-order valence-electron chi connectivity index (χ4n) is 3.05. The summed E-state index contributed by atoms with van der Waals surface area (Å²) < 4.78 is 10.4. The molecule has 2 heterocycles. The number of hydrogen-bond acceptors (Lipinski definition) is 6. The minimum absolute atomic E-state index is 0.270. The van der Waals surface area contributed by atoms with E-state index in [4.69, 9.17) is 32.7 Å². The third kappa shape index (κ3) is 4.49. The van der Waals surface area contributed by atoms with E-state index in [1.165, 1.54) is 17.4 Å². The molecule has 0 atom stereocenters. The Morgan fingerprint density at radius 3 is 2.24 bits per heavy atom. The third-order valence-corrected chi connectivity index (χ3v) is 6.06. The molecule has 29 heavy (non-hydrogen) atoms. The maximum absolute atomic E-state index is 13.4. The fourth-order valence-corrected chi connectivity index (χ4v) is 4.11. The monoisotopic (exact) mass is 454 g/mol. The molecule has 0 saturated carbocycles. The quantitative estimate of drug-likeness (QED) is 0.537. The zero-order chi connectivity index (χ0) is 21.0. The maximum Gasteiger partial charge on any atom is 0.282 e. The van der Waals surface area contributed by atoms with Crippen LogP contribution < -0.4 is 4.90 Å². The minimum atomic E-state index is -0.413. The summed E-state index contributed by atoms with van der Waals surface area (Å²) in [6.07, 6.45) is 0. The molecule has 2 amide bonds. The lowest BCUT2D eigenvalue weighted by Crippen LogP contribution is -2.37. The van der Waals surface area contributed by atoms with E-state index in [0.29, 0.717) is 48.3 Å². The third-order valence-electron chi connectivity index (χ3n) is 4.44. The van der Waals surface area contributed by atoms with Crippen molar-refractivity contribution in [2.75, 3.05) is 45.4 Å². The Morgan fingerprint density at radius 1 is 1.00 bits per heavy atom. The Morgan fingerprint density at radius 2 is 1.69 bits per heavy atom. The summed E-state index contributed by atoms with van der Waals surface area (Å²) in [5, 5.41) is 2.49. The molecular formula is C20H20Cl2N2O4S. The highest BCUT2D eigenvalue weighted by Crippen LogP contribution is 2.38. The van der Waals surface area contributed by atoms with Crippen LogP contribution in [0.15, 0.2) is 41.4 Å². The molecule has 154 valence electrons. The number of amides is 2. The molecule has 0 aliphatic carbocycles. The molecule has 0 unspecified atom stereocenters. The number of imide groups is 1. The van der Waals surface area contributed by atoms with Gasteiger partial charge in [-0.2, -0.15) is 0 Å². The van der Waals surface area contributed by atoms with Gasteiger partial charge in [0.25, 0.3) is 11.8 Å². The number of carbonyl (C=O) groups is 2. The van der Waals surface area contributed by atoms with Crippen molar-refractivity contribution in [1.29, 1.82) is 0 Å². The number of thiophene rings is 1. The molecule has 0 saturated heterocycles. The first-order valence-electron chi connectivity index (χ1n) is 8.84. The summed E-state index contributed by atoms with van der Waals surface area (Å²) in [4.78, 5) is 30.5. The average Bonchev–Trinajstić information content (AvgIpc) is 3.31. The topological polar surface area (TPSA) is 59.1 Å². The van der Waals surface area contributed by atoms with Crippen molar-refractivity contribution >= 4 is 57.6 Å². The Labute approximate surface area is 183 Å². The highest BCUT2D eigenvalue weighted by Gasteiger charge is 2.42. The van der Waals surface area contributed by atoms with Gasteiger partial charge in [0.05, 0.1) is 34.5 Å². The van der Waals surface area contributed by atoms with Crippen LogP contribution in [-0.4, -0.2) is 57.2 Å². The molecule has 1 aromatic heterocycles. The van der Waals surface area contributed by atoms with Gasteiger partial charge < -0.3 is 14.4 Å². The molecule has 0 fully saturated rings. The number of benzene rings is 1. The van der Waals surface area contributed by atoms with Crippen molar-refractivity contribution in [3.63, 3.8) is 0 Å². The van der Waals surface area contributed by atoms with Gasteiger partial charge in [-0.3, -0.25) is 9.59 Å². The summed E-state index contributed by atoms with van der Waals surface area (Å²) in [6.45, 7) is 1.69. The minimum Gasteiger partial charge on any atom is -0.383 e. The van der Waals surface area contributed by atoms with Crippen LogP contribution in [0.3, 0.4) is 0 Å². The molecule has 0 spiro atoms. The van der Waals surface area contributed by atoms with Crippen molar-refractivity contribution in [2.45, 2.75) is 0 Å². The van der Waals surface area contributed by atoms with Gasteiger partial charge in [-0.25, -0.2) is 4.90 Å². The van der Waals surface area contributed by atoms with Gasteiger partial charge in [0.2, 0.25) is 0 Å². The van der Waals surface area contributed by atoms with Crippen LogP contribution in [0.1, 0.15) is 4.88 Å². The van der Waals surface area contributed by atoms with E-state index >= 15 is 0 Å². The number of nitrogens with zero attached hydrogens (tertiary/aromatic N) is 2. The van der Waals surface area contributed by atoms with Crippen molar-refractivity contribution < 1.29 is 19.1 Å². The molecule has 0 radical (unpaired) electrons. The van der Waals surface area contributed by atoms with Gasteiger partial charge in [0.15, 0.2) is 0 Å². The second-order valence-corrected chi connectivity index (χ2v) is 7.98. The molecule has 0 bridgehead atoms. The van der Waals surface area contributed by atoms with Crippen molar-refractivity contribution in [3.05, 3.63) is 56.3 Å². The SMILES string of the molecule is COCCN(CCOC)C1=C(c2cccs2)C(=O)N(c2ccc(Cl)c(Cl)c2)C1=O. The van der Waals surface area contributed by atoms with Crippen LogP contribution in [0.5, 0.6) is 0 Å². The van der Waals surface area contributed by atoms with Gasteiger partial charge in [-0.1, -0.05) is 29.3 Å². The van der Waals surface area contributed by atoms with Gasteiger partial charge in [-0.05, 0) is 29.6 Å². The predicted octanol–water partition coefficient (Wildman–Crippen LogP) is 3.93. The summed E-state index contributed by atoms with van der Waals surface area (Å²) in [6, 6.07) is 8.36. The normalized spacial score (nSPS) is 14.3. The molecule has 3 rings (SSSR count). The smallest absolute Gasteiger partial charge is 0.282 e. The van der Waals surface area contributed by atoms with Crippen LogP contribution in [0.25, 0.3) is 5.57 Å². The standard InChI is InChI=1S/C20H20Cl2N2O4S/c1-27-9-7-23(8-10-28-2)18-17(16-4-3-11-29-16)19(25)24(20(18)26)13-5-6-14(21)15(22)12-13/h3-6,11-12H,7-10H2,1-2H3. The van der Waals surface area contributed by atoms with E-state index in [1.807, 2.05) is 22.4 Å². The molecule has 0 N–H and O–H groups in total. The fraction of sp³-hybridized carbons (Fsp3) is 0.300. The summed E-state index contributed by atoms with van der Waals surface area (Å²) >= 11 is 13.5. The van der Waals surface area contributed by atoms with Crippen LogP contribution in [0.4, 0.5) is 5.69 Å². The van der Waals surface area contributed by atoms with Gasteiger partial charge in [0, 0.05) is 32.2 Å². The molecule has 6 nitrogen and oxygen atoms in total. The summed E-state index contributed by atoms with van der Waals surface area (Å²) in [5.74, 6) is -0.810. The van der Waals surface area contributed by atoms with Crippen molar-refractivity contribution in [1.82, 2.24) is 4.90 Å². The van der Waals surface area contributed by atoms with E-state index in [9.17, 15) is 9.59 Å². The van der Waals surface area contributed by atoms with E-state index in [1.54, 1.807) is 26.4 Å². The highest BCUT2D eigenvalue weighted by molar-refractivity contribution is 7.11. The molecular weight excluding hydrogens is 435 g/mol. The lowest BCUT2D eigenvalue weighted by molar-refractivity contribution is -0.120. The molecule has 9 heteroatoms. The van der Waals surface area contributed by atoms with Crippen molar-refractivity contribution in [3.8, 4) is 0 Å². The largest absolute Gasteiger partial charge is 0.383 e. The zero-order valence-electron chi connectivity index (χ0n) is 16.0. The maximum atomic E-state index is 13.4. The lowest BCUT2D eigenvalue weighted by Gasteiger charge is -2.25. The average molecular weight is 455 g/mol. The van der Waals surface area contributed by atoms with E-state index in [2.05, 4.69) is 0 Å². The van der Waals surface area contributed by atoms with E-state index < -0.39 is 11.8 Å². The molecule has 1 aliphatic heterocycles. The first-order chi connectivity index (χ1) is 14.0. The Bertz CT molecular complexity index is 923. The summed E-state index contributed by atoms with van der Waals surface area (Å²) in [5.41, 5.74) is 1.07. The van der Waals surface area contributed by atoms with Gasteiger partial charge >= 0.3 is 0 Å². The van der Waals surface area contributed by atoms with Crippen molar-refractivity contribution in [2.24, 2.45) is 0 Å². The van der Waals surface area contributed by atoms with Crippen LogP contribution in [0.2, 0.25) is 10.0 Å². The Balaban J connectivity index is 2.08. The van der Waals surface area contributed by atoms with Crippen LogP contribution in [-0.2, 0) is 19.1 Å². The number of halogens is 2. The first kappa shape index (κ1) is 21.8. The highest BCUT2D eigenvalue weighted by atomic mass is 35.5. The lowest BCUT2D eigenvalue weighted by atomic mass is 10.1. The zero-order valence-corrected chi connectivity index (χ0v) is 18.3. The van der Waals surface area contributed by atoms with Crippen LogP contribution >= 0.6 is 34.5 Å². The first-order valence-corrected chi connectivity index (χ1v) is 10.5. The Hall–Kier alpha value is -1.90. The second-order valence-electron chi connectivity index (χ2n) is 6.22. The number of ether oxygens (including phenoxy) is 2. The Kier molecular flexibility index (Phi) is 7.32. The number of rotatable bonds is 9. The van der Waals surface area contributed by atoms with Gasteiger partial charge in [0.1, 0.15) is 5.70 Å². The number of hydrogen-bond donors (Lipinski definition) is 0. The van der Waals surface area contributed by atoms with E-state index in [-0.39, 0.29) is 5.02 Å². The van der Waals surface area contributed by atoms with Gasteiger partial charge in [-0.15, -0.1) is 11.3 Å². The summed E-state index contributed by atoms with van der Waals surface area (Å²) in [7, 11) is 3.18. The number of carbonyl (C=O) groups excluding carboxylic acids is 2. The number of anilines is 1. The number of methoxy groups -OCH3 is 2. The van der Waals surface area contributed by atoms with E-state index in [0.717, 1.165) is 9.78 Å². The van der Waals surface area contributed by atoms with Crippen LogP contribution in [0, 0.1) is 0 Å². The molecule has 1 aromatic carbocycles. The predicted molar refractivity (Wildman–Crippen MR) is 116 cm³/mol. The molecule has 1 aliphatic rings. The molecule has 2 aromatic rings.